The zero-order valence-corrected chi connectivity index (χ0v) is 17.9. The highest BCUT2D eigenvalue weighted by Crippen LogP contribution is 2.46. The van der Waals surface area contributed by atoms with Gasteiger partial charge in [-0.2, -0.15) is 0 Å². The van der Waals surface area contributed by atoms with Crippen LogP contribution in [-0.2, 0) is 0 Å². The Labute approximate surface area is 183 Å². The molecule has 0 radical (unpaired) electrons. The Morgan fingerprint density at radius 3 is 2.23 bits per heavy atom. The quantitative estimate of drug-likeness (QED) is 0.423. The lowest BCUT2D eigenvalue weighted by Crippen LogP contribution is -2.27. The molecule has 2 heteroatoms. The maximum Gasteiger partial charge on any atom is 0.0540 e. The first-order valence-electron chi connectivity index (χ1n) is 10.5. The molecule has 0 saturated carbocycles. The summed E-state index contributed by atoms with van der Waals surface area (Å²) in [6.45, 7) is 2.16. The van der Waals surface area contributed by atoms with Crippen LogP contribution in [0.1, 0.15) is 36.0 Å². The van der Waals surface area contributed by atoms with Crippen LogP contribution in [0.5, 0.6) is 0 Å². The fourth-order valence-corrected chi connectivity index (χ4v) is 4.63. The van der Waals surface area contributed by atoms with Gasteiger partial charge in [-0.25, -0.2) is 0 Å². The fraction of sp³-hybridized carbons (Fsp3) is 0.143. The van der Waals surface area contributed by atoms with Crippen molar-refractivity contribution < 1.29 is 0 Å². The Kier molecular flexibility index (Phi) is 5.06. The SMILES string of the molecule is Cc1ccc(Cl)cc1N1C2=CCCCC2=C(c2ccccc2)C=C1c1ccccc1. The minimum absolute atomic E-state index is 0.763. The number of anilines is 1. The Bertz CT molecular complexity index is 1170. The molecule has 1 nitrogen and oxygen atoms in total. The van der Waals surface area contributed by atoms with Crippen LogP contribution >= 0.6 is 11.6 Å². The molecule has 0 saturated heterocycles. The van der Waals surface area contributed by atoms with Gasteiger partial charge in [0, 0.05) is 10.7 Å². The van der Waals surface area contributed by atoms with Crippen molar-refractivity contribution in [2.24, 2.45) is 0 Å². The van der Waals surface area contributed by atoms with Gasteiger partial charge in [-0.05, 0) is 72.2 Å². The standard InChI is InChI=1S/C28H24ClN/c1-20-16-17-23(29)18-27(20)30-26-15-9-8-14-24(26)25(21-10-4-2-5-11-21)19-28(30)22-12-6-3-7-13-22/h2-7,10-13,15-19H,8-9,14H2,1H3. The zero-order chi connectivity index (χ0) is 20.5. The number of fused-ring (bicyclic) bond motifs is 1. The largest absolute Gasteiger partial charge is 0.310 e. The maximum atomic E-state index is 6.45. The number of hydrogen-bond acceptors (Lipinski definition) is 1. The van der Waals surface area contributed by atoms with E-state index in [0.717, 1.165) is 23.6 Å². The molecule has 3 aromatic carbocycles. The molecule has 1 aliphatic heterocycles. The summed E-state index contributed by atoms with van der Waals surface area (Å²) in [7, 11) is 0. The lowest BCUT2D eigenvalue weighted by atomic mass is 9.85. The van der Waals surface area contributed by atoms with Gasteiger partial charge in [0.2, 0.25) is 0 Å². The highest BCUT2D eigenvalue weighted by atomic mass is 35.5. The first-order chi connectivity index (χ1) is 14.7. The van der Waals surface area contributed by atoms with E-state index in [2.05, 4.69) is 96.8 Å². The molecule has 0 spiro atoms. The lowest BCUT2D eigenvalue weighted by molar-refractivity contribution is 0.792. The molecule has 5 rings (SSSR count). The van der Waals surface area contributed by atoms with E-state index in [1.54, 1.807) is 0 Å². The Morgan fingerprint density at radius 2 is 1.50 bits per heavy atom. The summed E-state index contributed by atoms with van der Waals surface area (Å²) in [4.78, 5) is 2.41. The summed E-state index contributed by atoms with van der Waals surface area (Å²) in [6, 6.07) is 27.6. The van der Waals surface area contributed by atoms with Gasteiger partial charge in [-0.1, -0.05) is 84.4 Å². The third-order valence-electron chi connectivity index (χ3n) is 5.93. The van der Waals surface area contributed by atoms with E-state index >= 15 is 0 Å². The zero-order valence-electron chi connectivity index (χ0n) is 17.1. The molecule has 0 amide bonds. The molecule has 0 atom stereocenters. The van der Waals surface area contributed by atoms with E-state index in [9.17, 15) is 0 Å². The average molecular weight is 410 g/mol. The highest BCUT2D eigenvalue weighted by Gasteiger charge is 2.30. The van der Waals surface area contributed by atoms with Crippen molar-refractivity contribution in [1.82, 2.24) is 0 Å². The van der Waals surface area contributed by atoms with Gasteiger partial charge < -0.3 is 4.90 Å². The van der Waals surface area contributed by atoms with Crippen LogP contribution in [0, 0.1) is 6.92 Å². The van der Waals surface area contributed by atoms with Gasteiger partial charge in [-0.15, -0.1) is 0 Å². The molecule has 148 valence electrons. The van der Waals surface area contributed by atoms with Gasteiger partial charge in [0.25, 0.3) is 0 Å². The fourth-order valence-electron chi connectivity index (χ4n) is 4.47. The summed E-state index contributed by atoms with van der Waals surface area (Å²) in [5.74, 6) is 0. The topological polar surface area (TPSA) is 3.24 Å². The first-order valence-corrected chi connectivity index (χ1v) is 10.9. The second-order valence-corrected chi connectivity index (χ2v) is 8.34. The molecule has 3 aromatic rings. The van der Waals surface area contributed by atoms with Crippen molar-refractivity contribution in [1.29, 1.82) is 0 Å². The summed E-state index contributed by atoms with van der Waals surface area (Å²) in [5, 5.41) is 0.763. The molecule has 0 fully saturated rings. The van der Waals surface area contributed by atoms with Crippen molar-refractivity contribution in [3.63, 3.8) is 0 Å². The second kappa shape index (κ2) is 8.01. The lowest BCUT2D eigenvalue weighted by Gasteiger charge is -2.38. The number of hydrogen-bond donors (Lipinski definition) is 0. The van der Waals surface area contributed by atoms with Crippen molar-refractivity contribution in [2.75, 3.05) is 4.90 Å². The van der Waals surface area contributed by atoms with E-state index in [-0.39, 0.29) is 0 Å². The van der Waals surface area contributed by atoms with E-state index in [1.807, 2.05) is 6.07 Å². The van der Waals surface area contributed by atoms with Gasteiger partial charge in [0.15, 0.2) is 0 Å². The van der Waals surface area contributed by atoms with Crippen molar-refractivity contribution in [3.8, 4) is 0 Å². The summed E-state index contributed by atoms with van der Waals surface area (Å²) < 4.78 is 0. The van der Waals surface area contributed by atoms with Crippen LogP contribution in [0.15, 0.2) is 102 Å². The van der Waals surface area contributed by atoms with Crippen LogP contribution in [0.3, 0.4) is 0 Å². The van der Waals surface area contributed by atoms with Gasteiger partial charge in [-0.3, -0.25) is 0 Å². The minimum Gasteiger partial charge on any atom is -0.310 e. The van der Waals surface area contributed by atoms with E-state index in [4.69, 9.17) is 11.6 Å². The number of benzene rings is 3. The van der Waals surface area contributed by atoms with E-state index < -0.39 is 0 Å². The molecule has 0 aromatic heterocycles. The van der Waals surface area contributed by atoms with Crippen LogP contribution in [0.4, 0.5) is 5.69 Å². The van der Waals surface area contributed by atoms with Gasteiger partial charge >= 0.3 is 0 Å². The van der Waals surface area contributed by atoms with Crippen LogP contribution in [0.25, 0.3) is 11.3 Å². The molecule has 30 heavy (non-hydrogen) atoms. The smallest absolute Gasteiger partial charge is 0.0540 e. The maximum absolute atomic E-state index is 6.45. The van der Waals surface area contributed by atoms with Crippen LogP contribution < -0.4 is 4.90 Å². The highest BCUT2D eigenvalue weighted by molar-refractivity contribution is 6.31. The van der Waals surface area contributed by atoms with Crippen molar-refractivity contribution >= 4 is 28.6 Å². The predicted octanol–water partition coefficient (Wildman–Crippen LogP) is 8.03. The van der Waals surface area contributed by atoms with E-state index in [1.165, 1.54) is 45.7 Å². The predicted molar refractivity (Wildman–Crippen MR) is 128 cm³/mol. The molecule has 0 unspecified atom stereocenters. The Morgan fingerprint density at radius 1 is 0.800 bits per heavy atom. The number of allylic oxidation sites excluding steroid dienone is 4. The summed E-state index contributed by atoms with van der Waals surface area (Å²) in [6.07, 6.45) is 8.14. The minimum atomic E-state index is 0.763. The molecule has 2 aliphatic rings. The summed E-state index contributed by atoms with van der Waals surface area (Å²) >= 11 is 6.45. The normalized spacial score (nSPS) is 16.1. The van der Waals surface area contributed by atoms with Crippen LogP contribution in [-0.4, -0.2) is 0 Å². The molecule has 0 bridgehead atoms. The van der Waals surface area contributed by atoms with Gasteiger partial charge in [0.05, 0.1) is 11.4 Å². The molecule has 1 heterocycles. The van der Waals surface area contributed by atoms with Crippen molar-refractivity contribution in [3.05, 3.63) is 124 Å². The molecular formula is C28H24ClN. The van der Waals surface area contributed by atoms with Gasteiger partial charge in [0.1, 0.15) is 0 Å². The number of rotatable bonds is 3. The second-order valence-electron chi connectivity index (χ2n) is 7.90. The third kappa shape index (κ3) is 3.40. The first kappa shape index (κ1) is 19.0. The monoisotopic (exact) mass is 409 g/mol. The summed E-state index contributed by atoms with van der Waals surface area (Å²) in [5.41, 5.74) is 10.1. The Balaban J connectivity index is 1.79. The number of nitrogens with zero attached hydrogens (tertiary/aromatic N) is 1. The molecular weight excluding hydrogens is 386 g/mol. The number of aryl methyl sites for hydroxylation is 1. The Hall–Kier alpha value is -3.03. The van der Waals surface area contributed by atoms with E-state index in [0.29, 0.717) is 0 Å². The van der Waals surface area contributed by atoms with Crippen molar-refractivity contribution in [2.45, 2.75) is 26.2 Å². The molecule has 1 aliphatic carbocycles. The van der Waals surface area contributed by atoms with Crippen LogP contribution in [0.2, 0.25) is 5.02 Å². The third-order valence-corrected chi connectivity index (χ3v) is 6.17. The molecule has 0 N–H and O–H groups in total. The number of halogens is 1. The average Bonchev–Trinajstić information content (AvgIpc) is 2.81.